The fourth-order valence-corrected chi connectivity index (χ4v) is 4.56. The molecule has 2 unspecified atom stereocenters. The van der Waals surface area contributed by atoms with Gasteiger partial charge in [0.25, 0.3) is 0 Å². The van der Waals surface area contributed by atoms with Crippen molar-refractivity contribution in [3.05, 3.63) is 0 Å². The van der Waals surface area contributed by atoms with Crippen LogP contribution in [0.3, 0.4) is 0 Å². The largest absolute Gasteiger partial charge is 0.355 e. The molecule has 6 heteroatoms. The number of halogens is 1. The number of nitrogens with one attached hydrogen (secondary N) is 1. The van der Waals surface area contributed by atoms with Crippen molar-refractivity contribution in [2.75, 3.05) is 66.5 Å². The summed E-state index contributed by atoms with van der Waals surface area (Å²) < 4.78 is 0. The molecule has 3 aliphatic rings. The average Bonchev–Trinajstić information content (AvgIpc) is 2.88. The Morgan fingerprint density at radius 2 is 1.71 bits per heavy atom. The third kappa shape index (κ3) is 5.46. The number of guanidine groups is 1. The second kappa shape index (κ2) is 10.2. The van der Waals surface area contributed by atoms with Gasteiger partial charge in [-0.05, 0) is 51.2 Å². The summed E-state index contributed by atoms with van der Waals surface area (Å²) in [6.07, 6.45) is 7.02. The van der Waals surface area contributed by atoms with Crippen molar-refractivity contribution in [1.82, 2.24) is 20.0 Å². The standard InChI is InChI=1S/C18H35N5.HI/c1-19-18(23-14-16-6-3-4-7-17(16)15-23)20-8-11-22-10-5-9-21(2)12-13-22;/h16-17H,3-15H2,1-2H3,(H,19,20);1H. The van der Waals surface area contributed by atoms with E-state index in [2.05, 4.69) is 32.1 Å². The van der Waals surface area contributed by atoms with Crippen molar-refractivity contribution in [2.45, 2.75) is 32.1 Å². The molecule has 2 saturated heterocycles. The van der Waals surface area contributed by atoms with Gasteiger partial charge in [0.1, 0.15) is 0 Å². The fraction of sp³-hybridized carbons (Fsp3) is 0.944. The van der Waals surface area contributed by atoms with Crippen LogP contribution in [-0.4, -0.2) is 87.1 Å². The molecule has 2 aliphatic heterocycles. The van der Waals surface area contributed by atoms with Gasteiger partial charge in [-0.25, -0.2) is 0 Å². The molecule has 0 spiro atoms. The van der Waals surface area contributed by atoms with Crippen LogP contribution < -0.4 is 5.32 Å². The molecule has 1 aliphatic carbocycles. The Morgan fingerprint density at radius 3 is 2.38 bits per heavy atom. The van der Waals surface area contributed by atoms with Gasteiger partial charge in [0.15, 0.2) is 5.96 Å². The zero-order valence-electron chi connectivity index (χ0n) is 15.5. The van der Waals surface area contributed by atoms with Gasteiger partial charge in [-0.15, -0.1) is 24.0 Å². The van der Waals surface area contributed by atoms with Crippen molar-refractivity contribution in [2.24, 2.45) is 16.8 Å². The SMILES string of the molecule is CN=C(NCCN1CCCN(C)CC1)N1CC2CCCCC2C1.I. The van der Waals surface area contributed by atoms with Crippen LogP contribution in [0.5, 0.6) is 0 Å². The lowest BCUT2D eigenvalue weighted by atomic mass is 9.82. The van der Waals surface area contributed by atoms with Gasteiger partial charge in [-0.2, -0.15) is 0 Å². The highest BCUT2D eigenvalue weighted by Crippen LogP contribution is 2.35. The highest BCUT2D eigenvalue weighted by atomic mass is 127. The molecule has 0 bridgehead atoms. The maximum absolute atomic E-state index is 4.55. The summed E-state index contributed by atoms with van der Waals surface area (Å²) in [6.45, 7) is 9.46. The van der Waals surface area contributed by atoms with E-state index in [1.807, 2.05) is 7.05 Å². The Morgan fingerprint density at radius 1 is 1.00 bits per heavy atom. The Labute approximate surface area is 165 Å². The topological polar surface area (TPSA) is 34.1 Å². The smallest absolute Gasteiger partial charge is 0.193 e. The van der Waals surface area contributed by atoms with E-state index in [9.17, 15) is 0 Å². The van der Waals surface area contributed by atoms with Crippen LogP contribution in [-0.2, 0) is 0 Å². The molecule has 0 aromatic carbocycles. The molecule has 1 saturated carbocycles. The van der Waals surface area contributed by atoms with Crippen LogP contribution in [0, 0.1) is 11.8 Å². The Kier molecular flexibility index (Phi) is 8.57. The van der Waals surface area contributed by atoms with Crippen LogP contribution in [0.4, 0.5) is 0 Å². The second-order valence-electron chi connectivity index (χ2n) is 7.68. The summed E-state index contributed by atoms with van der Waals surface area (Å²) in [6, 6.07) is 0. The van der Waals surface area contributed by atoms with E-state index in [-0.39, 0.29) is 24.0 Å². The van der Waals surface area contributed by atoms with Gasteiger partial charge in [-0.1, -0.05) is 12.8 Å². The molecule has 0 amide bonds. The van der Waals surface area contributed by atoms with Gasteiger partial charge in [0.05, 0.1) is 0 Å². The highest BCUT2D eigenvalue weighted by molar-refractivity contribution is 14.0. The number of hydrogen-bond acceptors (Lipinski definition) is 3. The summed E-state index contributed by atoms with van der Waals surface area (Å²) in [5, 5.41) is 3.62. The number of likely N-dealkylation sites (N-methyl/N-ethyl adjacent to an activating group) is 1. The summed E-state index contributed by atoms with van der Waals surface area (Å²) in [4.78, 5) is 12.1. The van der Waals surface area contributed by atoms with Gasteiger partial charge in [0.2, 0.25) is 0 Å². The van der Waals surface area contributed by atoms with Crippen LogP contribution >= 0.6 is 24.0 Å². The number of nitrogens with zero attached hydrogens (tertiary/aromatic N) is 4. The lowest BCUT2D eigenvalue weighted by molar-refractivity contribution is 0.278. The normalized spacial score (nSPS) is 29.8. The minimum Gasteiger partial charge on any atom is -0.355 e. The van der Waals surface area contributed by atoms with Gasteiger partial charge in [0, 0.05) is 46.3 Å². The monoisotopic (exact) mass is 449 g/mol. The number of hydrogen-bond donors (Lipinski definition) is 1. The van der Waals surface area contributed by atoms with Crippen molar-refractivity contribution in [1.29, 1.82) is 0 Å². The third-order valence-electron chi connectivity index (χ3n) is 6.01. The van der Waals surface area contributed by atoms with E-state index >= 15 is 0 Å². The molecule has 3 rings (SSSR count). The van der Waals surface area contributed by atoms with Crippen molar-refractivity contribution >= 4 is 29.9 Å². The Bertz CT molecular complexity index is 389. The number of aliphatic imine (C=N–C) groups is 1. The first-order valence-electron chi connectivity index (χ1n) is 9.63. The first-order chi connectivity index (χ1) is 11.3. The second-order valence-corrected chi connectivity index (χ2v) is 7.68. The van der Waals surface area contributed by atoms with E-state index in [1.165, 1.54) is 71.4 Å². The summed E-state index contributed by atoms with van der Waals surface area (Å²) in [7, 11) is 4.17. The van der Waals surface area contributed by atoms with Crippen molar-refractivity contribution < 1.29 is 0 Å². The van der Waals surface area contributed by atoms with Gasteiger partial charge < -0.3 is 20.0 Å². The molecule has 0 aromatic heterocycles. The van der Waals surface area contributed by atoms with Crippen LogP contribution in [0.25, 0.3) is 0 Å². The van der Waals surface area contributed by atoms with E-state index < -0.39 is 0 Å². The first kappa shape index (κ1) is 20.2. The van der Waals surface area contributed by atoms with Crippen molar-refractivity contribution in [3.63, 3.8) is 0 Å². The predicted molar refractivity (Wildman–Crippen MR) is 112 cm³/mol. The van der Waals surface area contributed by atoms with E-state index in [1.54, 1.807) is 0 Å². The third-order valence-corrected chi connectivity index (χ3v) is 6.01. The number of fused-ring (bicyclic) bond motifs is 1. The molecule has 2 heterocycles. The average molecular weight is 449 g/mol. The molecule has 140 valence electrons. The Hall–Kier alpha value is -0.0800. The molecule has 1 N–H and O–H groups in total. The molecule has 3 fully saturated rings. The van der Waals surface area contributed by atoms with E-state index in [4.69, 9.17) is 0 Å². The molecular weight excluding hydrogens is 413 g/mol. The van der Waals surface area contributed by atoms with Crippen LogP contribution in [0.15, 0.2) is 4.99 Å². The van der Waals surface area contributed by atoms with Crippen LogP contribution in [0.1, 0.15) is 32.1 Å². The van der Waals surface area contributed by atoms with E-state index in [0.29, 0.717) is 0 Å². The zero-order chi connectivity index (χ0) is 16.1. The van der Waals surface area contributed by atoms with Crippen LogP contribution in [0.2, 0.25) is 0 Å². The number of likely N-dealkylation sites (tertiary alicyclic amines) is 1. The molecule has 5 nitrogen and oxygen atoms in total. The summed E-state index contributed by atoms with van der Waals surface area (Å²) in [5.74, 6) is 2.97. The van der Waals surface area contributed by atoms with Gasteiger partial charge >= 0.3 is 0 Å². The predicted octanol–water partition coefficient (Wildman–Crippen LogP) is 1.94. The quantitative estimate of drug-likeness (QED) is 0.406. The zero-order valence-corrected chi connectivity index (χ0v) is 17.9. The molecule has 0 aromatic rings. The highest BCUT2D eigenvalue weighted by Gasteiger charge is 2.35. The fourth-order valence-electron chi connectivity index (χ4n) is 4.56. The minimum atomic E-state index is 0. The maximum atomic E-state index is 4.55. The van der Waals surface area contributed by atoms with Gasteiger partial charge in [-0.3, -0.25) is 4.99 Å². The summed E-state index contributed by atoms with van der Waals surface area (Å²) in [5.41, 5.74) is 0. The molecule has 24 heavy (non-hydrogen) atoms. The molecule has 2 atom stereocenters. The Balaban J connectivity index is 0.00000208. The summed E-state index contributed by atoms with van der Waals surface area (Å²) >= 11 is 0. The first-order valence-corrected chi connectivity index (χ1v) is 9.63. The maximum Gasteiger partial charge on any atom is 0.193 e. The minimum absolute atomic E-state index is 0. The molecule has 0 radical (unpaired) electrons. The molecular formula is C18H36IN5. The lowest BCUT2D eigenvalue weighted by Gasteiger charge is -2.24. The van der Waals surface area contributed by atoms with Crippen molar-refractivity contribution in [3.8, 4) is 0 Å². The van der Waals surface area contributed by atoms with E-state index in [0.717, 1.165) is 30.9 Å². The number of rotatable bonds is 3. The lowest BCUT2D eigenvalue weighted by Crippen LogP contribution is -2.44.